The maximum atomic E-state index is 5.69. The number of nitrogens with zero attached hydrogens (tertiary/aromatic N) is 3. The smallest absolute Gasteiger partial charge is 0.114 e. The van der Waals surface area contributed by atoms with Crippen LogP contribution in [-0.4, -0.2) is 19.5 Å². The molecule has 0 bridgehead atoms. The summed E-state index contributed by atoms with van der Waals surface area (Å²) in [5.41, 5.74) is 8.73. The van der Waals surface area contributed by atoms with Crippen molar-refractivity contribution in [1.82, 2.24) is 14.5 Å². The van der Waals surface area contributed by atoms with Crippen LogP contribution in [-0.2, 0) is 13.0 Å². The molecule has 0 spiro atoms. The quantitative estimate of drug-likeness (QED) is 0.736. The van der Waals surface area contributed by atoms with Gasteiger partial charge in [0.1, 0.15) is 10.8 Å². The summed E-state index contributed by atoms with van der Waals surface area (Å²) in [6.45, 7) is 0.735. The molecule has 2 aromatic heterocycles. The lowest BCUT2D eigenvalue weighted by Crippen LogP contribution is -2.11. The molecule has 1 aromatic carbocycles. The number of hydrogen-bond donors (Lipinski definition) is 1. The van der Waals surface area contributed by atoms with Gasteiger partial charge in [0, 0.05) is 42.8 Å². The zero-order valence-corrected chi connectivity index (χ0v) is 12.8. The molecular formula is C17H16N4S. The molecule has 2 heterocycles. The Morgan fingerprint density at radius 1 is 1.09 bits per heavy atom. The summed E-state index contributed by atoms with van der Waals surface area (Å²) < 4.78 is 2.12. The third kappa shape index (κ3) is 3.38. The second-order valence-electron chi connectivity index (χ2n) is 5.03. The van der Waals surface area contributed by atoms with Gasteiger partial charge in [-0.1, -0.05) is 36.5 Å². The first-order valence-electron chi connectivity index (χ1n) is 7.01. The summed E-state index contributed by atoms with van der Waals surface area (Å²) in [6, 6.07) is 13.9. The van der Waals surface area contributed by atoms with Gasteiger partial charge < -0.3 is 10.3 Å². The van der Waals surface area contributed by atoms with Gasteiger partial charge in [0.05, 0.1) is 0 Å². The number of thiocarbonyl (C=S) groups is 1. The Kier molecular flexibility index (Phi) is 4.25. The fourth-order valence-corrected chi connectivity index (χ4v) is 2.46. The molecule has 22 heavy (non-hydrogen) atoms. The zero-order valence-electron chi connectivity index (χ0n) is 12.0. The van der Waals surface area contributed by atoms with Gasteiger partial charge in [-0.05, 0) is 23.8 Å². The predicted molar refractivity (Wildman–Crippen MR) is 90.7 cm³/mol. The van der Waals surface area contributed by atoms with Crippen LogP contribution >= 0.6 is 12.2 Å². The summed E-state index contributed by atoms with van der Waals surface area (Å²) in [5, 5.41) is 0. The summed E-state index contributed by atoms with van der Waals surface area (Å²) in [5.74, 6) is 0.986. The molecule has 3 aromatic rings. The van der Waals surface area contributed by atoms with Gasteiger partial charge in [-0.25, -0.2) is 4.98 Å². The number of hydrogen-bond acceptors (Lipinski definition) is 3. The van der Waals surface area contributed by atoms with Crippen LogP contribution in [0.3, 0.4) is 0 Å². The van der Waals surface area contributed by atoms with E-state index < -0.39 is 0 Å². The van der Waals surface area contributed by atoms with Crippen molar-refractivity contribution < 1.29 is 0 Å². The maximum absolute atomic E-state index is 5.69. The van der Waals surface area contributed by atoms with Crippen molar-refractivity contribution in [1.29, 1.82) is 0 Å². The van der Waals surface area contributed by atoms with E-state index in [0.29, 0.717) is 11.4 Å². The van der Waals surface area contributed by atoms with Crippen LogP contribution in [0.15, 0.2) is 61.1 Å². The Hall–Kier alpha value is -2.53. The highest BCUT2D eigenvalue weighted by atomic mass is 32.1. The highest BCUT2D eigenvalue weighted by molar-refractivity contribution is 7.80. The van der Waals surface area contributed by atoms with Crippen LogP contribution in [0.2, 0.25) is 0 Å². The van der Waals surface area contributed by atoms with Crippen molar-refractivity contribution in [2.24, 2.45) is 5.73 Å². The molecular weight excluding hydrogens is 292 g/mol. The standard InChI is InChI=1S/C17H16N4S/c18-17(22)14-5-3-4-13(10-14)12-21-9-8-20-16(21)11-15-6-1-2-7-19-15/h1-10H,11-12H2,(H2,18,22). The number of imidazole rings is 1. The van der Waals surface area contributed by atoms with Gasteiger partial charge in [-0.2, -0.15) is 0 Å². The lowest BCUT2D eigenvalue weighted by atomic mass is 10.1. The van der Waals surface area contributed by atoms with Crippen LogP contribution in [0.5, 0.6) is 0 Å². The second-order valence-corrected chi connectivity index (χ2v) is 5.47. The normalized spacial score (nSPS) is 10.5. The average Bonchev–Trinajstić information content (AvgIpc) is 2.95. The summed E-state index contributed by atoms with van der Waals surface area (Å²) >= 11 is 5.03. The molecule has 0 amide bonds. The van der Waals surface area contributed by atoms with Crippen LogP contribution in [0.4, 0.5) is 0 Å². The second kappa shape index (κ2) is 6.49. The van der Waals surface area contributed by atoms with Crippen molar-refractivity contribution in [3.05, 3.63) is 83.7 Å². The molecule has 0 aliphatic rings. The Balaban J connectivity index is 1.80. The topological polar surface area (TPSA) is 56.7 Å². The third-order valence-electron chi connectivity index (χ3n) is 3.43. The zero-order chi connectivity index (χ0) is 15.4. The monoisotopic (exact) mass is 308 g/mol. The van der Waals surface area contributed by atoms with Gasteiger partial charge in [-0.3, -0.25) is 4.98 Å². The van der Waals surface area contributed by atoms with Gasteiger partial charge in [0.2, 0.25) is 0 Å². The minimum atomic E-state index is 0.418. The Morgan fingerprint density at radius 3 is 2.77 bits per heavy atom. The van der Waals surface area contributed by atoms with E-state index in [1.54, 1.807) is 6.20 Å². The van der Waals surface area contributed by atoms with Crippen molar-refractivity contribution in [2.45, 2.75) is 13.0 Å². The first-order chi connectivity index (χ1) is 10.7. The first kappa shape index (κ1) is 14.4. The van der Waals surface area contributed by atoms with Crippen LogP contribution < -0.4 is 5.73 Å². The number of nitrogens with two attached hydrogens (primary N) is 1. The predicted octanol–water partition coefficient (Wildman–Crippen LogP) is 2.55. The molecule has 110 valence electrons. The van der Waals surface area contributed by atoms with Crippen molar-refractivity contribution in [3.8, 4) is 0 Å². The largest absolute Gasteiger partial charge is 0.389 e. The Bertz CT molecular complexity index is 780. The highest BCUT2D eigenvalue weighted by Crippen LogP contribution is 2.11. The van der Waals surface area contributed by atoms with Gasteiger partial charge in [-0.15, -0.1) is 0 Å². The third-order valence-corrected chi connectivity index (χ3v) is 3.67. The van der Waals surface area contributed by atoms with Crippen molar-refractivity contribution >= 4 is 17.2 Å². The molecule has 5 heteroatoms. The summed E-state index contributed by atoms with van der Waals surface area (Å²) in [7, 11) is 0. The molecule has 2 N–H and O–H groups in total. The number of pyridine rings is 1. The van der Waals surface area contributed by atoms with E-state index in [9.17, 15) is 0 Å². The molecule has 4 nitrogen and oxygen atoms in total. The van der Waals surface area contributed by atoms with E-state index in [2.05, 4.69) is 20.6 Å². The summed E-state index contributed by atoms with van der Waals surface area (Å²) in [4.78, 5) is 9.21. The molecule has 0 atom stereocenters. The van der Waals surface area contributed by atoms with Crippen LogP contribution in [0.1, 0.15) is 22.6 Å². The molecule has 0 fully saturated rings. The SMILES string of the molecule is NC(=S)c1cccc(Cn2ccnc2Cc2ccccn2)c1. The molecule has 3 rings (SSSR count). The van der Waals surface area contributed by atoms with Gasteiger partial charge >= 0.3 is 0 Å². The maximum Gasteiger partial charge on any atom is 0.114 e. The van der Waals surface area contributed by atoms with E-state index >= 15 is 0 Å². The molecule has 0 saturated carbocycles. The number of benzene rings is 1. The van der Waals surface area contributed by atoms with Crippen molar-refractivity contribution in [3.63, 3.8) is 0 Å². The minimum absolute atomic E-state index is 0.418. The minimum Gasteiger partial charge on any atom is -0.389 e. The van der Waals surface area contributed by atoms with E-state index in [-0.39, 0.29) is 0 Å². The van der Waals surface area contributed by atoms with E-state index in [4.69, 9.17) is 18.0 Å². The van der Waals surface area contributed by atoms with Crippen LogP contribution in [0.25, 0.3) is 0 Å². The first-order valence-corrected chi connectivity index (χ1v) is 7.42. The highest BCUT2D eigenvalue weighted by Gasteiger charge is 2.06. The fourth-order valence-electron chi connectivity index (χ4n) is 2.34. The van der Waals surface area contributed by atoms with E-state index in [1.165, 1.54) is 0 Å². The van der Waals surface area contributed by atoms with Gasteiger partial charge in [0.15, 0.2) is 0 Å². The van der Waals surface area contributed by atoms with E-state index in [0.717, 1.165) is 29.2 Å². The fraction of sp³-hybridized carbons (Fsp3) is 0.118. The van der Waals surface area contributed by atoms with Gasteiger partial charge in [0.25, 0.3) is 0 Å². The summed E-state index contributed by atoms with van der Waals surface area (Å²) in [6.07, 6.45) is 6.30. The average molecular weight is 308 g/mol. The molecule has 0 aliphatic carbocycles. The number of aromatic nitrogens is 3. The number of rotatable bonds is 5. The van der Waals surface area contributed by atoms with Crippen molar-refractivity contribution in [2.75, 3.05) is 0 Å². The Morgan fingerprint density at radius 2 is 2.00 bits per heavy atom. The Labute approximate surface area is 134 Å². The molecule has 0 unspecified atom stereocenters. The lowest BCUT2D eigenvalue weighted by molar-refractivity contribution is 0.735. The molecule has 0 saturated heterocycles. The lowest BCUT2D eigenvalue weighted by Gasteiger charge is -2.09. The molecule has 0 radical (unpaired) electrons. The van der Waals surface area contributed by atoms with E-state index in [1.807, 2.05) is 48.8 Å². The van der Waals surface area contributed by atoms with Crippen LogP contribution in [0, 0.1) is 0 Å². The molecule has 0 aliphatic heterocycles.